The second-order valence-corrected chi connectivity index (χ2v) is 12.8. The third-order valence-electron chi connectivity index (χ3n) is 4.77. The van der Waals surface area contributed by atoms with Gasteiger partial charge in [0.25, 0.3) is 5.91 Å². The zero-order valence-corrected chi connectivity index (χ0v) is 18.6. The molecule has 1 N–H and O–H groups in total. The lowest BCUT2D eigenvalue weighted by atomic mass is 10.1. The van der Waals surface area contributed by atoms with Crippen molar-refractivity contribution in [2.24, 2.45) is 0 Å². The molecule has 1 aliphatic heterocycles. The van der Waals surface area contributed by atoms with Crippen LogP contribution >= 0.6 is 11.8 Å². The Bertz CT molecular complexity index is 1110. The van der Waals surface area contributed by atoms with E-state index in [1.165, 1.54) is 23.9 Å². The fourth-order valence-corrected chi connectivity index (χ4v) is 7.41. The third kappa shape index (κ3) is 5.61. The zero-order valence-electron chi connectivity index (χ0n) is 16.2. The van der Waals surface area contributed by atoms with Crippen molar-refractivity contribution in [1.29, 1.82) is 0 Å². The van der Waals surface area contributed by atoms with Gasteiger partial charge in [-0.25, -0.2) is 16.8 Å². The summed E-state index contributed by atoms with van der Waals surface area (Å²) in [6.45, 7) is 1.83. The van der Waals surface area contributed by atoms with Crippen molar-refractivity contribution >= 4 is 37.3 Å². The molecule has 6 nitrogen and oxygen atoms in total. The molecular weight excluding hydrogens is 430 g/mol. The first-order chi connectivity index (χ1) is 13.5. The third-order valence-corrected chi connectivity index (χ3v) is 9.22. The van der Waals surface area contributed by atoms with E-state index in [2.05, 4.69) is 5.32 Å². The molecule has 1 heterocycles. The van der Waals surface area contributed by atoms with Crippen LogP contribution in [0.3, 0.4) is 0 Å². The SMILES string of the molecule is CC(NC(=O)c1ccccc1SC1CCS(=O)(=O)C1)c1ccc(S(C)(=O)=O)cc1. The maximum Gasteiger partial charge on any atom is 0.252 e. The fraction of sp³-hybridized carbons (Fsp3) is 0.350. The van der Waals surface area contributed by atoms with Crippen LogP contribution in [0.15, 0.2) is 58.3 Å². The van der Waals surface area contributed by atoms with Gasteiger partial charge in [-0.15, -0.1) is 11.8 Å². The van der Waals surface area contributed by atoms with E-state index in [1.807, 2.05) is 19.1 Å². The number of hydrogen-bond donors (Lipinski definition) is 1. The number of carbonyl (C=O) groups excluding carboxylic acids is 1. The molecule has 2 atom stereocenters. The summed E-state index contributed by atoms with van der Waals surface area (Å²) in [5.74, 6) is 0.0737. The normalized spacial score (nSPS) is 19.6. The maximum atomic E-state index is 12.8. The van der Waals surface area contributed by atoms with Crippen LogP contribution in [0.25, 0.3) is 0 Å². The van der Waals surface area contributed by atoms with Crippen molar-refractivity contribution in [3.8, 4) is 0 Å². The van der Waals surface area contributed by atoms with Crippen LogP contribution in [0.1, 0.15) is 35.3 Å². The largest absolute Gasteiger partial charge is 0.345 e. The van der Waals surface area contributed by atoms with Crippen LogP contribution in [-0.2, 0) is 19.7 Å². The average Bonchev–Trinajstić information content (AvgIpc) is 3.00. The van der Waals surface area contributed by atoms with Gasteiger partial charge in [-0.1, -0.05) is 24.3 Å². The molecule has 0 radical (unpaired) electrons. The van der Waals surface area contributed by atoms with Crippen LogP contribution in [0.2, 0.25) is 0 Å². The molecule has 1 amide bonds. The number of amides is 1. The minimum absolute atomic E-state index is 0.0464. The second kappa shape index (κ2) is 8.49. The Hall–Kier alpha value is -1.84. The minimum atomic E-state index is -3.27. The van der Waals surface area contributed by atoms with Crippen molar-refractivity contribution < 1.29 is 21.6 Å². The Morgan fingerprint density at radius 1 is 1.14 bits per heavy atom. The summed E-state index contributed by atoms with van der Waals surface area (Å²) < 4.78 is 46.6. The number of nitrogens with one attached hydrogen (secondary N) is 1. The Balaban J connectivity index is 1.72. The molecule has 1 fully saturated rings. The molecule has 29 heavy (non-hydrogen) atoms. The summed E-state index contributed by atoms with van der Waals surface area (Å²) >= 11 is 1.43. The monoisotopic (exact) mass is 453 g/mol. The van der Waals surface area contributed by atoms with Crippen molar-refractivity contribution in [3.05, 3.63) is 59.7 Å². The number of rotatable bonds is 6. The van der Waals surface area contributed by atoms with Crippen molar-refractivity contribution in [1.82, 2.24) is 5.32 Å². The number of sulfone groups is 2. The first kappa shape index (κ1) is 21.9. The van der Waals surface area contributed by atoms with Gasteiger partial charge in [0.05, 0.1) is 28.0 Å². The zero-order chi connectivity index (χ0) is 21.2. The van der Waals surface area contributed by atoms with Gasteiger partial charge >= 0.3 is 0 Å². The predicted octanol–water partition coefficient (Wildman–Crippen LogP) is 2.86. The topological polar surface area (TPSA) is 97.4 Å². The lowest BCUT2D eigenvalue weighted by Crippen LogP contribution is -2.27. The van der Waals surface area contributed by atoms with Gasteiger partial charge in [0.1, 0.15) is 0 Å². The summed E-state index contributed by atoms with van der Waals surface area (Å²) in [5, 5.41) is 2.89. The van der Waals surface area contributed by atoms with Gasteiger partial charge in [-0.3, -0.25) is 4.79 Å². The van der Waals surface area contributed by atoms with E-state index in [0.717, 1.165) is 16.7 Å². The molecule has 0 saturated carbocycles. The highest BCUT2D eigenvalue weighted by atomic mass is 32.2. The van der Waals surface area contributed by atoms with E-state index < -0.39 is 19.7 Å². The summed E-state index contributed by atoms with van der Waals surface area (Å²) in [6.07, 6.45) is 1.74. The molecule has 3 rings (SSSR count). The average molecular weight is 454 g/mol. The van der Waals surface area contributed by atoms with E-state index in [-0.39, 0.29) is 33.6 Å². The highest BCUT2D eigenvalue weighted by Crippen LogP contribution is 2.33. The summed E-state index contributed by atoms with van der Waals surface area (Å²) in [4.78, 5) is 13.8. The van der Waals surface area contributed by atoms with E-state index in [4.69, 9.17) is 0 Å². The van der Waals surface area contributed by atoms with Gasteiger partial charge in [0, 0.05) is 16.4 Å². The van der Waals surface area contributed by atoms with Crippen LogP contribution in [0, 0.1) is 0 Å². The lowest BCUT2D eigenvalue weighted by molar-refractivity contribution is 0.0937. The molecule has 1 saturated heterocycles. The summed E-state index contributed by atoms with van der Waals surface area (Å²) in [5.41, 5.74) is 1.29. The molecule has 2 aromatic carbocycles. The molecule has 0 aromatic heterocycles. The van der Waals surface area contributed by atoms with Crippen molar-refractivity contribution in [2.45, 2.75) is 34.4 Å². The van der Waals surface area contributed by atoms with Crippen molar-refractivity contribution in [3.63, 3.8) is 0 Å². The van der Waals surface area contributed by atoms with Gasteiger partial charge in [-0.05, 0) is 43.2 Å². The van der Waals surface area contributed by atoms with E-state index in [1.54, 1.807) is 24.3 Å². The molecule has 156 valence electrons. The lowest BCUT2D eigenvalue weighted by Gasteiger charge is -2.17. The minimum Gasteiger partial charge on any atom is -0.345 e. The van der Waals surface area contributed by atoms with Gasteiger partial charge in [0.15, 0.2) is 19.7 Å². The number of hydrogen-bond acceptors (Lipinski definition) is 6. The fourth-order valence-electron chi connectivity index (χ4n) is 3.15. The van der Waals surface area contributed by atoms with E-state index in [9.17, 15) is 21.6 Å². The Morgan fingerprint density at radius 3 is 2.38 bits per heavy atom. The van der Waals surface area contributed by atoms with E-state index in [0.29, 0.717) is 12.0 Å². The molecule has 2 aromatic rings. The highest BCUT2D eigenvalue weighted by molar-refractivity contribution is 8.02. The first-order valence-corrected chi connectivity index (χ1v) is 13.7. The summed E-state index contributed by atoms with van der Waals surface area (Å²) in [7, 11) is -6.25. The molecule has 9 heteroatoms. The van der Waals surface area contributed by atoms with Gasteiger partial charge < -0.3 is 5.32 Å². The molecule has 0 bridgehead atoms. The second-order valence-electron chi connectivity index (χ2n) is 7.18. The van der Waals surface area contributed by atoms with Gasteiger partial charge in [-0.2, -0.15) is 0 Å². The standard InChI is InChI=1S/C20H23NO5S3/c1-14(15-7-9-17(10-8-15)28(2,23)24)21-20(22)18-5-3-4-6-19(18)27-16-11-12-29(25,26)13-16/h3-10,14,16H,11-13H2,1-2H3,(H,21,22). The number of benzene rings is 2. The first-order valence-electron chi connectivity index (χ1n) is 9.12. The molecular formula is C20H23NO5S3. The van der Waals surface area contributed by atoms with Crippen LogP contribution in [-0.4, -0.2) is 45.8 Å². The Morgan fingerprint density at radius 2 is 1.79 bits per heavy atom. The molecule has 2 unspecified atom stereocenters. The smallest absolute Gasteiger partial charge is 0.252 e. The Kier molecular flexibility index (Phi) is 6.40. The maximum absolute atomic E-state index is 12.8. The van der Waals surface area contributed by atoms with Crippen LogP contribution in [0.5, 0.6) is 0 Å². The molecule has 0 spiro atoms. The predicted molar refractivity (Wildman–Crippen MR) is 115 cm³/mol. The quantitative estimate of drug-likeness (QED) is 0.722. The highest BCUT2D eigenvalue weighted by Gasteiger charge is 2.29. The van der Waals surface area contributed by atoms with Crippen molar-refractivity contribution in [2.75, 3.05) is 17.8 Å². The van der Waals surface area contributed by atoms with E-state index >= 15 is 0 Å². The van der Waals surface area contributed by atoms with Gasteiger partial charge in [0.2, 0.25) is 0 Å². The summed E-state index contributed by atoms with van der Waals surface area (Å²) in [6, 6.07) is 13.3. The van der Waals surface area contributed by atoms with Crippen LogP contribution < -0.4 is 5.32 Å². The molecule has 1 aliphatic rings. The number of thioether (sulfide) groups is 1. The van der Waals surface area contributed by atoms with Crippen LogP contribution in [0.4, 0.5) is 0 Å². The Labute approximate surface area is 175 Å². The number of carbonyl (C=O) groups is 1. The molecule has 0 aliphatic carbocycles.